The molecule has 112 valence electrons. The van der Waals surface area contributed by atoms with E-state index < -0.39 is 17.2 Å². The van der Waals surface area contributed by atoms with Gasteiger partial charge in [-0.3, -0.25) is 9.59 Å². The van der Waals surface area contributed by atoms with Gasteiger partial charge in [0.2, 0.25) is 0 Å². The van der Waals surface area contributed by atoms with E-state index in [2.05, 4.69) is 6.92 Å². The Morgan fingerprint density at radius 3 is 2.71 bits per heavy atom. The fraction of sp³-hybridized carbons (Fsp3) is 0.375. The Morgan fingerprint density at radius 1 is 1.38 bits per heavy atom. The fourth-order valence-corrected chi connectivity index (χ4v) is 2.56. The first-order chi connectivity index (χ1) is 9.95. The Balaban J connectivity index is 2.78. The molecule has 0 saturated carbocycles. The molecule has 0 atom stereocenters. The third-order valence-electron chi connectivity index (χ3n) is 3.67. The fourth-order valence-electron chi connectivity index (χ4n) is 2.56. The van der Waals surface area contributed by atoms with Gasteiger partial charge in [0.25, 0.3) is 0 Å². The summed E-state index contributed by atoms with van der Waals surface area (Å²) >= 11 is 0. The minimum atomic E-state index is -1.06. The lowest BCUT2D eigenvalue weighted by Crippen LogP contribution is -2.21. The van der Waals surface area contributed by atoms with Crippen molar-refractivity contribution in [2.45, 2.75) is 39.7 Å². The Kier molecular flexibility index (Phi) is 4.40. The molecule has 0 spiro atoms. The number of carboxylic acids is 1. The van der Waals surface area contributed by atoms with Crippen LogP contribution in [0.5, 0.6) is 0 Å². The van der Waals surface area contributed by atoms with Crippen LogP contribution in [0.3, 0.4) is 0 Å². The molecule has 1 N–H and O–H groups in total. The highest BCUT2D eigenvalue weighted by Crippen LogP contribution is 2.18. The zero-order valence-electron chi connectivity index (χ0n) is 12.1. The van der Waals surface area contributed by atoms with Gasteiger partial charge in [0, 0.05) is 23.2 Å². The number of aliphatic carboxylic acids is 1. The molecule has 0 unspecified atom stereocenters. The molecule has 0 saturated heterocycles. The molecule has 1 aromatic carbocycles. The minimum absolute atomic E-state index is 0.233. The van der Waals surface area contributed by atoms with Crippen molar-refractivity contribution in [2.75, 3.05) is 0 Å². The zero-order valence-corrected chi connectivity index (χ0v) is 12.1. The first kappa shape index (κ1) is 15.2. The van der Waals surface area contributed by atoms with Gasteiger partial charge < -0.3 is 9.67 Å². The Bertz CT molecular complexity index is 749. The van der Waals surface area contributed by atoms with Crippen molar-refractivity contribution in [2.24, 2.45) is 0 Å². The van der Waals surface area contributed by atoms with Gasteiger partial charge in [-0.05, 0) is 31.5 Å². The van der Waals surface area contributed by atoms with Gasteiger partial charge in [0.1, 0.15) is 5.82 Å². The first-order valence-corrected chi connectivity index (χ1v) is 6.99. The number of hydrogen-bond acceptors (Lipinski definition) is 2. The van der Waals surface area contributed by atoms with Crippen LogP contribution in [0.2, 0.25) is 0 Å². The summed E-state index contributed by atoms with van der Waals surface area (Å²) in [4.78, 5) is 23.4. The summed E-state index contributed by atoms with van der Waals surface area (Å²) in [6.07, 6.45) is 1.54. The predicted molar refractivity (Wildman–Crippen MR) is 79.2 cm³/mol. The Labute approximate surface area is 121 Å². The smallest absolute Gasteiger partial charge is 0.308 e. The van der Waals surface area contributed by atoms with Crippen LogP contribution in [0.25, 0.3) is 10.9 Å². The maximum atomic E-state index is 13.4. The van der Waals surface area contributed by atoms with Gasteiger partial charge in [-0.2, -0.15) is 0 Å². The highest BCUT2D eigenvalue weighted by Gasteiger charge is 2.16. The number of rotatable bonds is 5. The van der Waals surface area contributed by atoms with Crippen LogP contribution < -0.4 is 5.43 Å². The number of carboxylic acid groups (broad SMARTS) is 1. The lowest BCUT2D eigenvalue weighted by atomic mass is 10.0. The molecule has 0 amide bonds. The molecule has 21 heavy (non-hydrogen) atoms. The molecule has 0 aliphatic carbocycles. The summed E-state index contributed by atoms with van der Waals surface area (Å²) in [7, 11) is 0. The van der Waals surface area contributed by atoms with Gasteiger partial charge in [0.05, 0.1) is 11.9 Å². The van der Waals surface area contributed by atoms with E-state index >= 15 is 0 Å². The normalized spacial score (nSPS) is 11.0. The van der Waals surface area contributed by atoms with Crippen molar-refractivity contribution in [3.63, 3.8) is 0 Å². The summed E-state index contributed by atoms with van der Waals surface area (Å²) in [5.41, 5.74) is 1.14. The van der Waals surface area contributed by atoms with Gasteiger partial charge in [-0.15, -0.1) is 0 Å². The molecule has 0 bridgehead atoms. The van der Waals surface area contributed by atoms with Crippen molar-refractivity contribution in [1.82, 2.24) is 4.57 Å². The van der Waals surface area contributed by atoms with Crippen molar-refractivity contribution in [3.8, 4) is 0 Å². The number of fused-ring (bicyclic) bond motifs is 1. The highest BCUT2D eigenvalue weighted by atomic mass is 19.1. The van der Waals surface area contributed by atoms with Gasteiger partial charge in [-0.1, -0.05) is 13.3 Å². The van der Waals surface area contributed by atoms with E-state index in [1.54, 1.807) is 13.0 Å². The minimum Gasteiger partial charge on any atom is -0.481 e. The maximum absolute atomic E-state index is 13.4. The summed E-state index contributed by atoms with van der Waals surface area (Å²) in [6, 6.07) is 4.09. The molecular formula is C16H18FNO3. The SMILES string of the molecule is CCCCn1c(C)c(CC(=O)O)c(=O)c2cc(F)ccc21. The van der Waals surface area contributed by atoms with Crippen LogP contribution in [-0.4, -0.2) is 15.6 Å². The van der Waals surface area contributed by atoms with Crippen LogP contribution in [0.15, 0.2) is 23.0 Å². The average Bonchev–Trinajstić information content (AvgIpc) is 2.43. The lowest BCUT2D eigenvalue weighted by molar-refractivity contribution is -0.136. The average molecular weight is 291 g/mol. The number of hydrogen-bond donors (Lipinski definition) is 1. The number of carbonyl (C=O) groups is 1. The van der Waals surface area contributed by atoms with E-state index in [9.17, 15) is 14.0 Å². The monoisotopic (exact) mass is 291 g/mol. The van der Waals surface area contributed by atoms with E-state index in [0.29, 0.717) is 17.8 Å². The first-order valence-electron chi connectivity index (χ1n) is 6.99. The zero-order chi connectivity index (χ0) is 15.6. The second kappa shape index (κ2) is 6.08. The van der Waals surface area contributed by atoms with Gasteiger partial charge in [-0.25, -0.2) is 4.39 Å². The molecule has 0 aliphatic heterocycles. The lowest BCUT2D eigenvalue weighted by Gasteiger charge is -2.17. The van der Waals surface area contributed by atoms with E-state index in [1.165, 1.54) is 12.1 Å². The van der Waals surface area contributed by atoms with Crippen molar-refractivity contribution < 1.29 is 14.3 Å². The topological polar surface area (TPSA) is 59.3 Å². The van der Waals surface area contributed by atoms with E-state index in [-0.39, 0.29) is 17.4 Å². The number of nitrogens with zero attached hydrogens (tertiary/aromatic N) is 1. The maximum Gasteiger partial charge on any atom is 0.308 e. The van der Waals surface area contributed by atoms with Crippen molar-refractivity contribution >= 4 is 16.9 Å². The molecule has 5 heteroatoms. The summed E-state index contributed by atoms with van der Waals surface area (Å²) in [5.74, 6) is -1.56. The Morgan fingerprint density at radius 2 is 2.10 bits per heavy atom. The largest absolute Gasteiger partial charge is 0.481 e. The summed E-state index contributed by atoms with van der Waals surface area (Å²) < 4.78 is 15.3. The quantitative estimate of drug-likeness (QED) is 0.921. The molecule has 0 radical (unpaired) electrons. The van der Waals surface area contributed by atoms with Crippen LogP contribution in [-0.2, 0) is 17.8 Å². The van der Waals surface area contributed by atoms with E-state index in [4.69, 9.17) is 5.11 Å². The number of pyridine rings is 1. The molecular weight excluding hydrogens is 273 g/mol. The van der Waals surface area contributed by atoms with Crippen molar-refractivity contribution in [1.29, 1.82) is 0 Å². The summed E-state index contributed by atoms with van der Waals surface area (Å²) in [6.45, 7) is 4.48. The van der Waals surface area contributed by atoms with Gasteiger partial charge >= 0.3 is 5.97 Å². The number of aryl methyl sites for hydroxylation is 1. The van der Waals surface area contributed by atoms with Crippen LogP contribution in [0, 0.1) is 12.7 Å². The summed E-state index contributed by atoms with van der Waals surface area (Å²) in [5, 5.41) is 9.23. The van der Waals surface area contributed by atoms with Crippen LogP contribution >= 0.6 is 0 Å². The van der Waals surface area contributed by atoms with E-state index in [0.717, 1.165) is 12.8 Å². The van der Waals surface area contributed by atoms with Gasteiger partial charge in [0.15, 0.2) is 5.43 Å². The molecule has 2 aromatic rings. The van der Waals surface area contributed by atoms with E-state index in [1.807, 2.05) is 4.57 Å². The standard InChI is InChI=1S/C16H18FNO3/c1-3-4-7-18-10(2)12(9-15(19)20)16(21)13-8-11(17)5-6-14(13)18/h5-6,8H,3-4,7,9H2,1-2H3,(H,19,20). The number of unbranched alkanes of at least 4 members (excludes halogenated alkanes) is 1. The second-order valence-electron chi connectivity index (χ2n) is 5.13. The van der Waals surface area contributed by atoms with Crippen LogP contribution in [0.1, 0.15) is 31.0 Å². The predicted octanol–water partition coefficient (Wildman–Crippen LogP) is 2.88. The second-order valence-corrected chi connectivity index (χ2v) is 5.13. The molecule has 4 nitrogen and oxygen atoms in total. The number of aromatic nitrogens is 1. The number of halogens is 1. The third-order valence-corrected chi connectivity index (χ3v) is 3.67. The molecule has 0 fully saturated rings. The Hall–Kier alpha value is -2.17. The third kappa shape index (κ3) is 2.96. The molecule has 1 heterocycles. The molecule has 1 aromatic heterocycles. The number of benzene rings is 1. The highest BCUT2D eigenvalue weighted by molar-refractivity contribution is 5.82. The van der Waals surface area contributed by atoms with Crippen molar-refractivity contribution in [3.05, 3.63) is 45.5 Å². The molecule has 2 rings (SSSR count). The molecule has 0 aliphatic rings. The van der Waals surface area contributed by atoms with Crippen LogP contribution in [0.4, 0.5) is 4.39 Å².